The van der Waals surface area contributed by atoms with Crippen LogP contribution in [0.1, 0.15) is 38.3 Å². The minimum atomic E-state index is 0.333. The minimum absolute atomic E-state index is 0.333. The number of nitrogens with two attached hydrogens (primary N) is 1. The Morgan fingerprint density at radius 2 is 2.16 bits per heavy atom. The second-order valence-corrected chi connectivity index (χ2v) is 5.10. The lowest BCUT2D eigenvalue weighted by Crippen LogP contribution is -2.32. The zero-order valence-electron chi connectivity index (χ0n) is 12.1. The molecule has 2 N–H and O–H groups in total. The molecule has 2 rings (SSSR count). The molecule has 4 nitrogen and oxygen atoms in total. The first-order valence-electron chi connectivity index (χ1n) is 7.01. The molecule has 106 valence electrons. The molecule has 0 fully saturated rings. The van der Waals surface area contributed by atoms with Crippen LogP contribution >= 0.6 is 0 Å². The van der Waals surface area contributed by atoms with Crippen molar-refractivity contribution in [2.75, 3.05) is 19.1 Å². The van der Waals surface area contributed by atoms with Gasteiger partial charge in [0.2, 0.25) is 0 Å². The highest BCUT2D eigenvalue weighted by molar-refractivity contribution is 5.53. The molecule has 4 heteroatoms. The summed E-state index contributed by atoms with van der Waals surface area (Å²) in [5.74, 6) is 0.960. The molecule has 1 aliphatic heterocycles. The molecule has 1 aliphatic rings. The molecule has 0 aliphatic carbocycles. The lowest BCUT2D eigenvalue weighted by atomic mass is 10.1. The number of hydrogen-bond acceptors (Lipinski definition) is 4. The Kier molecular flexibility index (Phi) is 4.66. The van der Waals surface area contributed by atoms with Gasteiger partial charge >= 0.3 is 0 Å². The van der Waals surface area contributed by atoms with E-state index in [1.165, 1.54) is 5.56 Å². The standard InChI is InChI=1S/C15H24N2O2/c1-4-11(3)17(5-2)8-12-6-14(16)7-13-9-18-10-19-15(12)13/h6-7,11H,4-5,8-10,16H2,1-3H3. The Labute approximate surface area is 115 Å². The molecule has 0 aromatic heterocycles. The van der Waals surface area contributed by atoms with Gasteiger partial charge in [-0.25, -0.2) is 0 Å². The third kappa shape index (κ3) is 3.19. The van der Waals surface area contributed by atoms with Gasteiger partial charge in [0.1, 0.15) is 5.75 Å². The summed E-state index contributed by atoms with van der Waals surface area (Å²) in [4.78, 5) is 2.44. The summed E-state index contributed by atoms with van der Waals surface area (Å²) in [5, 5.41) is 0. The van der Waals surface area contributed by atoms with Crippen molar-refractivity contribution in [2.24, 2.45) is 0 Å². The normalized spacial score (nSPS) is 16.0. The first-order chi connectivity index (χ1) is 9.15. The molecule has 0 amide bonds. The van der Waals surface area contributed by atoms with Gasteiger partial charge in [0.15, 0.2) is 6.79 Å². The SMILES string of the molecule is CCC(C)N(CC)Cc1cc(N)cc2c1OCOC2. The molecule has 1 heterocycles. The number of fused-ring (bicyclic) bond motifs is 1. The van der Waals surface area contributed by atoms with Crippen molar-refractivity contribution in [1.82, 2.24) is 4.90 Å². The maximum atomic E-state index is 5.98. The topological polar surface area (TPSA) is 47.7 Å². The number of rotatable bonds is 5. The highest BCUT2D eigenvalue weighted by Gasteiger charge is 2.19. The molecule has 1 unspecified atom stereocenters. The van der Waals surface area contributed by atoms with Gasteiger partial charge in [0.25, 0.3) is 0 Å². The summed E-state index contributed by atoms with van der Waals surface area (Å²) in [7, 11) is 0. The molecular weight excluding hydrogens is 240 g/mol. The average Bonchev–Trinajstić information content (AvgIpc) is 2.43. The molecule has 0 bridgehead atoms. The van der Waals surface area contributed by atoms with Crippen LogP contribution in [-0.4, -0.2) is 24.3 Å². The average molecular weight is 264 g/mol. The smallest absolute Gasteiger partial charge is 0.189 e. The van der Waals surface area contributed by atoms with Crippen molar-refractivity contribution in [2.45, 2.75) is 46.4 Å². The Balaban J connectivity index is 2.26. The van der Waals surface area contributed by atoms with Crippen molar-refractivity contribution in [1.29, 1.82) is 0 Å². The zero-order valence-corrected chi connectivity index (χ0v) is 12.1. The van der Waals surface area contributed by atoms with E-state index in [4.69, 9.17) is 15.2 Å². The van der Waals surface area contributed by atoms with Crippen molar-refractivity contribution in [3.63, 3.8) is 0 Å². The number of hydrogen-bond donors (Lipinski definition) is 1. The van der Waals surface area contributed by atoms with E-state index in [-0.39, 0.29) is 0 Å². The van der Waals surface area contributed by atoms with E-state index in [0.717, 1.165) is 36.5 Å². The lowest BCUT2D eigenvalue weighted by Gasteiger charge is -2.29. The first-order valence-corrected chi connectivity index (χ1v) is 7.01. The van der Waals surface area contributed by atoms with E-state index >= 15 is 0 Å². The van der Waals surface area contributed by atoms with Crippen LogP contribution in [0.25, 0.3) is 0 Å². The molecule has 1 aromatic carbocycles. The van der Waals surface area contributed by atoms with Gasteiger partial charge in [-0.15, -0.1) is 0 Å². The van der Waals surface area contributed by atoms with Gasteiger partial charge in [-0.3, -0.25) is 4.90 Å². The first kappa shape index (κ1) is 14.2. The summed E-state index contributed by atoms with van der Waals surface area (Å²) in [6.07, 6.45) is 1.14. The fraction of sp³-hybridized carbons (Fsp3) is 0.600. The number of anilines is 1. The van der Waals surface area contributed by atoms with Gasteiger partial charge in [-0.05, 0) is 32.0 Å². The fourth-order valence-corrected chi connectivity index (χ4v) is 2.50. The van der Waals surface area contributed by atoms with E-state index in [1.807, 2.05) is 12.1 Å². The van der Waals surface area contributed by atoms with Crippen LogP contribution in [0.3, 0.4) is 0 Å². The van der Waals surface area contributed by atoms with Crippen LogP contribution in [0.5, 0.6) is 5.75 Å². The van der Waals surface area contributed by atoms with Crippen molar-refractivity contribution < 1.29 is 9.47 Å². The summed E-state index contributed by atoms with van der Waals surface area (Å²) >= 11 is 0. The van der Waals surface area contributed by atoms with Crippen LogP contribution in [0, 0.1) is 0 Å². The van der Waals surface area contributed by atoms with Crippen LogP contribution in [0.4, 0.5) is 5.69 Å². The van der Waals surface area contributed by atoms with Crippen molar-refractivity contribution in [3.05, 3.63) is 23.3 Å². The monoisotopic (exact) mass is 264 g/mol. The molecule has 0 spiro atoms. The lowest BCUT2D eigenvalue weighted by molar-refractivity contribution is -0.0175. The predicted octanol–water partition coefficient (Wildman–Crippen LogP) is 2.76. The second-order valence-electron chi connectivity index (χ2n) is 5.10. The van der Waals surface area contributed by atoms with Crippen LogP contribution < -0.4 is 10.5 Å². The molecule has 1 atom stereocenters. The van der Waals surface area contributed by atoms with E-state index in [1.54, 1.807) is 0 Å². The Morgan fingerprint density at radius 1 is 1.37 bits per heavy atom. The Morgan fingerprint density at radius 3 is 2.84 bits per heavy atom. The molecule has 19 heavy (non-hydrogen) atoms. The quantitative estimate of drug-likeness (QED) is 0.831. The highest BCUT2D eigenvalue weighted by Crippen LogP contribution is 2.32. The predicted molar refractivity (Wildman–Crippen MR) is 77.0 cm³/mol. The second kappa shape index (κ2) is 6.26. The highest BCUT2D eigenvalue weighted by atomic mass is 16.7. The molecule has 0 radical (unpaired) electrons. The van der Waals surface area contributed by atoms with E-state index in [9.17, 15) is 0 Å². The molecule has 0 saturated carbocycles. The number of nitrogen functional groups attached to an aromatic ring is 1. The third-order valence-corrected chi connectivity index (χ3v) is 3.80. The largest absolute Gasteiger partial charge is 0.467 e. The molecular formula is C15H24N2O2. The Hall–Kier alpha value is -1.26. The van der Waals surface area contributed by atoms with Gasteiger partial charge in [-0.1, -0.05) is 13.8 Å². The molecule has 0 saturated heterocycles. The maximum Gasteiger partial charge on any atom is 0.189 e. The van der Waals surface area contributed by atoms with Crippen molar-refractivity contribution >= 4 is 5.69 Å². The number of nitrogens with zero attached hydrogens (tertiary/aromatic N) is 1. The summed E-state index contributed by atoms with van der Waals surface area (Å²) in [6.45, 7) is 9.48. The third-order valence-electron chi connectivity index (χ3n) is 3.80. The van der Waals surface area contributed by atoms with Crippen molar-refractivity contribution in [3.8, 4) is 5.75 Å². The van der Waals surface area contributed by atoms with Gasteiger partial charge < -0.3 is 15.2 Å². The summed E-state index contributed by atoms with van der Waals surface area (Å²) < 4.78 is 11.0. The van der Waals surface area contributed by atoms with E-state index in [0.29, 0.717) is 19.4 Å². The number of ether oxygens (including phenoxy) is 2. The fourth-order valence-electron chi connectivity index (χ4n) is 2.50. The zero-order chi connectivity index (χ0) is 13.8. The molecule has 1 aromatic rings. The Bertz CT molecular complexity index is 434. The summed E-state index contributed by atoms with van der Waals surface area (Å²) in [5.41, 5.74) is 8.98. The van der Waals surface area contributed by atoms with E-state index < -0.39 is 0 Å². The summed E-state index contributed by atoms with van der Waals surface area (Å²) in [6, 6.07) is 4.52. The van der Waals surface area contributed by atoms with Gasteiger partial charge in [0, 0.05) is 29.4 Å². The van der Waals surface area contributed by atoms with Crippen LogP contribution in [0.2, 0.25) is 0 Å². The number of benzene rings is 1. The van der Waals surface area contributed by atoms with E-state index in [2.05, 4.69) is 25.7 Å². The minimum Gasteiger partial charge on any atom is -0.467 e. The van der Waals surface area contributed by atoms with Crippen LogP contribution in [0.15, 0.2) is 12.1 Å². The van der Waals surface area contributed by atoms with Crippen LogP contribution in [-0.2, 0) is 17.9 Å². The van der Waals surface area contributed by atoms with Gasteiger partial charge in [0.05, 0.1) is 6.61 Å². The maximum absolute atomic E-state index is 5.98. The van der Waals surface area contributed by atoms with Gasteiger partial charge in [-0.2, -0.15) is 0 Å².